The number of piperazine rings is 1. The summed E-state index contributed by atoms with van der Waals surface area (Å²) in [5.74, 6) is 0.0685. The lowest BCUT2D eigenvalue weighted by Gasteiger charge is -2.35. The van der Waals surface area contributed by atoms with E-state index < -0.39 is 0 Å². The lowest BCUT2D eigenvalue weighted by Crippen LogP contribution is -2.50. The van der Waals surface area contributed by atoms with Crippen LogP contribution in [0.3, 0.4) is 0 Å². The van der Waals surface area contributed by atoms with Crippen LogP contribution in [0.25, 0.3) is 0 Å². The normalized spacial score (nSPS) is 17.0. The van der Waals surface area contributed by atoms with Gasteiger partial charge in [0.15, 0.2) is 0 Å². The Morgan fingerprint density at radius 2 is 1.92 bits per heavy atom. The predicted molar refractivity (Wildman–Crippen MR) is 89.6 cm³/mol. The minimum atomic E-state index is -0.329. The molecule has 1 saturated heterocycles. The molecular formula is C17H23N5O2. The molecule has 1 aliphatic rings. The molecule has 3 rings (SSSR count). The highest BCUT2D eigenvalue weighted by Gasteiger charge is 2.22. The number of nitrogens with zero attached hydrogens (tertiary/aromatic N) is 5. The zero-order chi connectivity index (χ0) is 16.9. The van der Waals surface area contributed by atoms with Crippen molar-refractivity contribution in [3.8, 4) is 0 Å². The summed E-state index contributed by atoms with van der Waals surface area (Å²) < 4.78 is 1.75. The first kappa shape index (κ1) is 16.6. The van der Waals surface area contributed by atoms with E-state index in [1.165, 1.54) is 6.33 Å². The first-order valence-electron chi connectivity index (χ1n) is 8.23. The van der Waals surface area contributed by atoms with Crippen molar-refractivity contribution in [1.82, 2.24) is 24.6 Å². The maximum atomic E-state index is 12.6. The number of benzene rings is 1. The molecule has 7 nitrogen and oxygen atoms in total. The fourth-order valence-corrected chi connectivity index (χ4v) is 2.94. The van der Waals surface area contributed by atoms with Gasteiger partial charge < -0.3 is 10.0 Å². The summed E-state index contributed by atoms with van der Waals surface area (Å²) in [6.07, 6.45) is 2.85. The Hall–Kier alpha value is -2.25. The van der Waals surface area contributed by atoms with Gasteiger partial charge in [-0.2, -0.15) is 5.10 Å². The number of aliphatic hydroxyl groups is 1. The van der Waals surface area contributed by atoms with Gasteiger partial charge in [-0.25, -0.2) is 9.67 Å². The molecule has 24 heavy (non-hydrogen) atoms. The Morgan fingerprint density at radius 3 is 2.50 bits per heavy atom. The van der Waals surface area contributed by atoms with Gasteiger partial charge in [0.1, 0.15) is 12.7 Å². The van der Waals surface area contributed by atoms with Crippen molar-refractivity contribution < 1.29 is 9.90 Å². The predicted octanol–water partition coefficient (Wildman–Crippen LogP) is 0.465. The maximum absolute atomic E-state index is 12.6. The lowest BCUT2D eigenvalue weighted by molar-refractivity contribution is 0.0554. The minimum Gasteiger partial charge on any atom is -0.392 e. The van der Waals surface area contributed by atoms with Gasteiger partial charge in [0.05, 0.1) is 12.6 Å². The molecule has 0 spiro atoms. The number of rotatable bonds is 5. The molecule has 1 aliphatic heterocycles. The average molecular weight is 329 g/mol. The summed E-state index contributed by atoms with van der Waals surface area (Å²) in [6, 6.07) is 7.66. The van der Waals surface area contributed by atoms with Crippen molar-refractivity contribution in [1.29, 1.82) is 0 Å². The van der Waals surface area contributed by atoms with Crippen molar-refractivity contribution >= 4 is 5.91 Å². The van der Waals surface area contributed by atoms with Gasteiger partial charge >= 0.3 is 0 Å². The summed E-state index contributed by atoms with van der Waals surface area (Å²) in [5, 5.41) is 13.5. The largest absolute Gasteiger partial charge is 0.392 e. The van der Waals surface area contributed by atoms with Gasteiger partial charge in [0.2, 0.25) is 0 Å². The van der Waals surface area contributed by atoms with Crippen molar-refractivity contribution in [2.24, 2.45) is 0 Å². The van der Waals surface area contributed by atoms with E-state index in [1.807, 2.05) is 29.2 Å². The molecular weight excluding hydrogens is 306 g/mol. The third-order valence-corrected chi connectivity index (χ3v) is 4.19. The van der Waals surface area contributed by atoms with Crippen molar-refractivity contribution in [3.63, 3.8) is 0 Å². The highest BCUT2D eigenvalue weighted by atomic mass is 16.3. The molecule has 2 heterocycles. The second kappa shape index (κ2) is 7.55. The number of aromatic nitrogens is 3. The summed E-state index contributed by atoms with van der Waals surface area (Å²) >= 11 is 0. The Labute approximate surface area is 141 Å². The van der Waals surface area contributed by atoms with Crippen LogP contribution in [0.5, 0.6) is 0 Å². The zero-order valence-corrected chi connectivity index (χ0v) is 13.9. The highest BCUT2D eigenvalue weighted by Crippen LogP contribution is 2.11. The van der Waals surface area contributed by atoms with Gasteiger partial charge in [0.25, 0.3) is 5.91 Å². The van der Waals surface area contributed by atoms with E-state index in [2.05, 4.69) is 15.0 Å². The Morgan fingerprint density at radius 1 is 1.21 bits per heavy atom. The number of β-amino-alcohol motifs (C(OH)–C–C–N with tert-alkyl or cyclic N) is 1. The molecule has 1 amide bonds. The summed E-state index contributed by atoms with van der Waals surface area (Å²) in [4.78, 5) is 20.6. The van der Waals surface area contributed by atoms with Crippen molar-refractivity contribution in [2.75, 3.05) is 32.7 Å². The van der Waals surface area contributed by atoms with Gasteiger partial charge in [-0.3, -0.25) is 9.69 Å². The first-order chi connectivity index (χ1) is 11.6. The summed E-state index contributed by atoms with van der Waals surface area (Å²) in [5.41, 5.74) is 1.79. The molecule has 1 atom stereocenters. The van der Waals surface area contributed by atoms with E-state index in [0.717, 1.165) is 18.7 Å². The number of amides is 1. The van der Waals surface area contributed by atoms with Crippen LogP contribution in [0.4, 0.5) is 0 Å². The molecule has 1 N–H and O–H groups in total. The maximum Gasteiger partial charge on any atom is 0.253 e. The molecule has 0 radical (unpaired) electrons. The number of carbonyl (C=O) groups is 1. The third kappa shape index (κ3) is 4.18. The molecule has 1 aromatic carbocycles. The average Bonchev–Trinajstić information content (AvgIpc) is 3.08. The van der Waals surface area contributed by atoms with Crippen LogP contribution < -0.4 is 0 Å². The molecule has 0 bridgehead atoms. The molecule has 2 aromatic rings. The number of hydrogen-bond donors (Lipinski definition) is 1. The second-order valence-electron chi connectivity index (χ2n) is 6.23. The van der Waals surface area contributed by atoms with Crippen LogP contribution >= 0.6 is 0 Å². The van der Waals surface area contributed by atoms with E-state index in [4.69, 9.17) is 0 Å². The number of hydrogen-bond acceptors (Lipinski definition) is 5. The lowest BCUT2D eigenvalue weighted by atomic mass is 10.1. The van der Waals surface area contributed by atoms with Gasteiger partial charge in [0, 0.05) is 38.3 Å². The topological polar surface area (TPSA) is 74.5 Å². The Bertz CT molecular complexity index is 646. The fourth-order valence-electron chi connectivity index (χ4n) is 2.94. The molecule has 1 unspecified atom stereocenters. The van der Waals surface area contributed by atoms with Crippen LogP contribution in [0, 0.1) is 0 Å². The summed E-state index contributed by atoms with van der Waals surface area (Å²) in [7, 11) is 0. The van der Waals surface area contributed by atoms with Crippen LogP contribution in [0.15, 0.2) is 36.9 Å². The Balaban J connectivity index is 1.55. The van der Waals surface area contributed by atoms with E-state index in [-0.39, 0.29) is 12.0 Å². The number of carbonyl (C=O) groups excluding carboxylic acids is 1. The molecule has 1 aromatic heterocycles. The fraction of sp³-hybridized carbons (Fsp3) is 0.471. The quantitative estimate of drug-likeness (QED) is 0.863. The van der Waals surface area contributed by atoms with Crippen molar-refractivity contribution in [3.05, 3.63) is 48.0 Å². The van der Waals surface area contributed by atoms with Crippen LogP contribution in [-0.2, 0) is 6.54 Å². The standard InChI is InChI=1S/C17H23N5O2/c1-14(23)10-20-6-8-21(9-7-20)17(24)16-4-2-15(3-5-16)11-22-13-18-12-19-22/h2-5,12-14,23H,6-11H2,1H3. The molecule has 128 valence electrons. The van der Waals surface area contributed by atoms with Crippen LogP contribution in [0.2, 0.25) is 0 Å². The van der Waals surface area contributed by atoms with Crippen LogP contribution in [-0.4, -0.2) is 74.4 Å². The van der Waals surface area contributed by atoms with Gasteiger partial charge in [-0.05, 0) is 24.6 Å². The molecule has 7 heteroatoms. The van der Waals surface area contributed by atoms with Gasteiger partial charge in [-0.15, -0.1) is 0 Å². The highest BCUT2D eigenvalue weighted by molar-refractivity contribution is 5.94. The number of aliphatic hydroxyl groups excluding tert-OH is 1. The SMILES string of the molecule is CC(O)CN1CCN(C(=O)c2ccc(Cn3cncn3)cc2)CC1. The van der Waals surface area contributed by atoms with E-state index >= 15 is 0 Å². The zero-order valence-electron chi connectivity index (χ0n) is 13.9. The second-order valence-corrected chi connectivity index (χ2v) is 6.23. The smallest absolute Gasteiger partial charge is 0.253 e. The molecule has 0 saturated carbocycles. The van der Waals surface area contributed by atoms with E-state index in [9.17, 15) is 9.90 Å². The Kier molecular flexibility index (Phi) is 5.22. The monoisotopic (exact) mass is 329 g/mol. The minimum absolute atomic E-state index is 0.0685. The van der Waals surface area contributed by atoms with E-state index in [1.54, 1.807) is 17.9 Å². The summed E-state index contributed by atoms with van der Waals surface area (Å²) in [6.45, 7) is 6.12. The van der Waals surface area contributed by atoms with Crippen molar-refractivity contribution in [2.45, 2.75) is 19.6 Å². The van der Waals surface area contributed by atoms with Crippen LogP contribution in [0.1, 0.15) is 22.8 Å². The first-order valence-corrected chi connectivity index (χ1v) is 8.23. The van der Waals surface area contributed by atoms with E-state index in [0.29, 0.717) is 31.7 Å². The molecule has 0 aliphatic carbocycles. The molecule has 1 fully saturated rings. The third-order valence-electron chi connectivity index (χ3n) is 4.19. The van der Waals surface area contributed by atoms with Gasteiger partial charge in [-0.1, -0.05) is 12.1 Å².